The lowest BCUT2D eigenvalue weighted by molar-refractivity contribution is 0.0952. The number of hydrogen-bond acceptors (Lipinski definition) is 3. The van der Waals surface area contributed by atoms with Crippen molar-refractivity contribution in [2.24, 2.45) is 0 Å². The van der Waals surface area contributed by atoms with Crippen molar-refractivity contribution >= 4 is 17.5 Å². The number of para-hydroxylation sites is 1. The average Bonchev–Trinajstić information content (AvgIpc) is 2.55. The Labute approximate surface area is 142 Å². The number of rotatable bonds is 6. The maximum atomic E-state index is 12.4. The van der Waals surface area contributed by atoms with Crippen molar-refractivity contribution in [2.45, 2.75) is 6.92 Å². The lowest BCUT2D eigenvalue weighted by Gasteiger charge is -2.13. The largest absolute Gasteiger partial charge is 0.351 e. The summed E-state index contributed by atoms with van der Waals surface area (Å²) in [5.41, 5.74) is 2.61. The summed E-state index contributed by atoms with van der Waals surface area (Å²) in [6, 6.07) is 14.3. The molecule has 0 radical (unpaired) electrons. The van der Waals surface area contributed by atoms with Crippen molar-refractivity contribution in [1.29, 1.82) is 0 Å². The van der Waals surface area contributed by atoms with E-state index in [4.69, 9.17) is 0 Å². The van der Waals surface area contributed by atoms with Gasteiger partial charge >= 0.3 is 0 Å². The van der Waals surface area contributed by atoms with Crippen molar-refractivity contribution in [3.63, 3.8) is 0 Å². The van der Waals surface area contributed by atoms with Crippen LogP contribution in [0.3, 0.4) is 0 Å². The molecule has 0 aliphatic rings. The second-order valence-electron chi connectivity index (χ2n) is 5.92. The molecule has 0 aliphatic carbocycles. The van der Waals surface area contributed by atoms with Crippen molar-refractivity contribution in [1.82, 2.24) is 10.2 Å². The molecular formula is C19H23N3O2. The number of nitrogens with one attached hydrogen (secondary N) is 2. The molecule has 5 nitrogen and oxygen atoms in total. The van der Waals surface area contributed by atoms with Crippen LogP contribution < -0.4 is 10.6 Å². The molecule has 0 aromatic heterocycles. The molecule has 126 valence electrons. The minimum absolute atomic E-state index is 0.198. The van der Waals surface area contributed by atoms with E-state index in [1.54, 1.807) is 36.4 Å². The number of benzene rings is 2. The molecule has 24 heavy (non-hydrogen) atoms. The summed E-state index contributed by atoms with van der Waals surface area (Å²) in [4.78, 5) is 26.7. The molecule has 0 atom stereocenters. The third-order valence-electron chi connectivity index (χ3n) is 3.58. The molecule has 0 saturated carbocycles. The Hall–Kier alpha value is -2.66. The van der Waals surface area contributed by atoms with Crippen LogP contribution in [0, 0.1) is 6.92 Å². The Morgan fingerprint density at radius 3 is 2.29 bits per heavy atom. The van der Waals surface area contributed by atoms with Gasteiger partial charge in [0.2, 0.25) is 0 Å². The fourth-order valence-electron chi connectivity index (χ4n) is 2.18. The normalized spacial score (nSPS) is 10.5. The molecular weight excluding hydrogens is 302 g/mol. The van der Waals surface area contributed by atoms with Crippen LogP contribution in [0.4, 0.5) is 5.69 Å². The smallest absolute Gasteiger partial charge is 0.255 e. The van der Waals surface area contributed by atoms with Crippen LogP contribution >= 0.6 is 0 Å². The van der Waals surface area contributed by atoms with Gasteiger partial charge in [0.15, 0.2) is 0 Å². The lowest BCUT2D eigenvalue weighted by Crippen LogP contribution is -2.32. The van der Waals surface area contributed by atoms with Crippen LogP contribution in [0.15, 0.2) is 48.5 Å². The maximum absolute atomic E-state index is 12.4. The lowest BCUT2D eigenvalue weighted by atomic mass is 10.1. The average molecular weight is 325 g/mol. The molecule has 0 spiro atoms. The van der Waals surface area contributed by atoms with Gasteiger partial charge in [0, 0.05) is 18.7 Å². The maximum Gasteiger partial charge on any atom is 0.255 e. The highest BCUT2D eigenvalue weighted by Gasteiger charge is 2.13. The Morgan fingerprint density at radius 2 is 1.62 bits per heavy atom. The first-order valence-corrected chi connectivity index (χ1v) is 7.87. The monoisotopic (exact) mass is 325 g/mol. The molecule has 0 fully saturated rings. The molecule has 5 heteroatoms. The van der Waals surface area contributed by atoms with E-state index >= 15 is 0 Å². The number of likely N-dealkylation sites (N-methyl/N-ethyl adjacent to an activating group) is 1. The highest BCUT2D eigenvalue weighted by Crippen LogP contribution is 2.16. The number of hydrogen-bond donors (Lipinski definition) is 2. The fourth-order valence-corrected chi connectivity index (χ4v) is 2.18. The van der Waals surface area contributed by atoms with Gasteiger partial charge in [-0.05, 0) is 45.3 Å². The van der Waals surface area contributed by atoms with Crippen LogP contribution in [-0.4, -0.2) is 43.9 Å². The number of amides is 2. The number of carbonyl (C=O) groups is 2. The zero-order valence-electron chi connectivity index (χ0n) is 14.3. The summed E-state index contributed by atoms with van der Waals surface area (Å²) >= 11 is 0. The van der Waals surface area contributed by atoms with Gasteiger partial charge in [-0.2, -0.15) is 0 Å². The number of carbonyl (C=O) groups excluding carboxylic acids is 2. The Kier molecular flexibility index (Phi) is 6.09. The van der Waals surface area contributed by atoms with Crippen molar-refractivity contribution < 1.29 is 9.59 Å². The zero-order chi connectivity index (χ0) is 17.5. The quantitative estimate of drug-likeness (QED) is 0.858. The molecule has 0 unspecified atom stereocenters. The van der Waals surface area contributed by atoms with E-state index in [-0.39, 0.29) is 11.8 Å². The van der Waals surface area contributed by atoms with Gasteiger partial charge in [0.25, 0.3) is 11.8 Å². The Morgan fingerprint density at radius 1 is 0.958 bits per heavy atom. The molecule has 2 aromatic carbocycles. The van der Waals surface area contributed by atoms with E-state index in [2.05, 4.69) is 10.6 Å². The zero-order valence-corrected chi connectivity index (χ0v) is 14.3. The first-order valence-electron chi connectivity index (χ1n) is 7.87. The van der Waals surface area contributed by atoms with Crippen LogP contribution in [0.2, 0.25) is 0 Å². The molecule has 2 amide bonds. The van der Waals surface area contributed by atoms with Crippen LogP contribution in [0.25, 0.3) is 0 Å². The van der Waals surface area contributed by atoms with E-state index in [0.29, 0.717) is 23.4 Å². The second kappa shape index (κ2) is 8.26. The predicted octanol–water partition coefficient (Wildman–Crippen LogP) is 2.54. The minimum Gasteiger partial charge on any atom is -0.351 e. The van der Waals surface area contributed by atoms with Crippen molar-refractivity contribution in [3.8, 4) is 0 Å². The van der Waals surface area contributed by atoms with E-state index < -0.39 is 0 Å². The van der Waals surface area contributed by atoms with Crippen LogP contribution in [0.5, 0.6) is 0 Å². The van der Waals surface area contributed by atoms with Gasteiger partial charge in [-0.15, -0.1) is 0 Å². The van der Waals surface area contributed by atoms with Crippen molar-refractivity contribution in [2.75, 3.05) is 32.5 Å². The van der Waals surface area contributed by atoms with E-state index in [1.165, 1.54) is 0 Å². The standard InChI is InChI=1S/C19H23N3O2/c1-14-8-10-15(11-9-14)18(23)21-17-7-5-4-6-16(17)19(24)20-12-13-22(2)3/h4-11H,12-13H2,1-3H3,(H,20,24)(H,21,23). The summed E-state index contributed by atoms with van der Waals surface area (Å²) in [5, 5.41) is 5.68. The molecule has 2 rings (SSSR count). The Balaban J connectivity index is 2.09. The van der Waals surface area contributed by atoms with Crippen LogP contribution in [0.1, 0.15) is 26.3 Å². The summed E-state index contributed by atoms with van der Waals surface area (Å²) < 4.78 is 0. The third kappa shape index (κ3) is 4.93. The third-order valence-corrected chi connectivity index (χ3v) is 3.58. The van der Waals surface area contributed by atoms with Crippen molar-refractivity contribution in [3.05, 3.63) is 65.2 Å². The van der Waals surface area contributed by atoms with Crippen LogP contribution in [-0.2, 0) is 0 Å². The molecule has 0 aliphatic heterocycles. The van der Waals surface area contributed by atoms with Gasteiger partial charge < -0.3 is 15.5 Å². The fraction of sp³-hybridized carbons (Fsp3) is 0.263. The first-order chi connectivity index (χ1) is 11.5. The molecule has 2 aromatic rings. The van der Waals surface area contributed by atoms with Gasteiger partial charge in [-0.3, -0.25) is 9.59 Å². The summed E-state index contributed by atoms with van der Waals surface area (Å²) in [5.74, 6) is -0.430. The van der Waals surface area contributed by atoms with Gasteiger partial charge in [0.05, 0.1) is 11.3 Å². The first kappa shape index (κ1) is 17.7. The minimum atomic E-state index is -0.233. The second-order valence-corrected chi connectivity index (χ2v) is 5.92. The van der Waals surface area contributed by atoms with Gasteiger partial charge in [-0.25, -0.2) is 0 Å². The predicted molar refractivity (Wildman–Crippen MR) is 96.5 cm³/mol. The van der Waals surface area contributed by atoms with Gasteiger partial charge in [-0.1, -0.05) is 29.8 Å². The van der Waals surface area contributed by atoms with E-state index in [0.717, 1.165) is 12.1 Å². The summed E-state index contributed by atoms with van der Waals surface area (Å²) in [6.07, 6.45) is 0. The summed E-state index contributed by atoms with van der Waals surface area (Å²) in [7, 11) is 3.89. The highest BCUT2D eigenvalue weighted by atomic mass is 16.2. The van der Waals surface area contributed by atoms with Gasteiger partial charge in [0.1, 0.15) is 0 Å². The number of anilines is 1. The Bertz CT molecular complexity index is 709. The molecule has 0 bridgehead atoms. The highest BCUT2D eigenvalue weighted by molar-refractivity contribution is 6.09. The van der Waals surface area contributed by atoms with E-state index in [9.17, 15) is 9.59 Å². The summed E-state index contributed by atoms with van der Waals surface area (Å²) in [6.45, 7) is 3.27. The number of aryl methyl sites for hydroxylation is 1. The molecule has 0 heterocycles. The molecule has 2 N–H and O–H groups in total. The van der Waals surface area contributed by atoms with E-state index in [1.807, 2.05) is 38.1 Å². The topological polar surface area (TPSA) is 61.4 Å². The number of nitrogens with zero attached hydrogens (tertiary/aromatic N) is 1. The molecule has 0 saturated heterocycles. The SMILES string of the molecule is Cc1ccc(C(=O)Nc2ccccc2C(=O)NCCN(C)C)cc1.